The number of aromatic nitrogens is 1. The van der Waals surface area contributed by atoms with E-state index >= 15 is 0 Å². The van der Waals surface area contributed by atoms with Crippen molar-refractivity contribution in [3.05, 3.63) is 45.9 Å². The molecule has 0 radical (unpaired) electrons. The van der Waals surface area contributed by atoms with E-state index in [4.69, 9.17) is 11.6 Å². The summed E-state index contributed by atoms with van der Waals surface area (Å²) >= 11 is 7.65. The number of anilines is 1. The van der Waals surface area contributed by atoms with E-state index in [1.807, 2.05) is 23.6 Å². The lowest BCUT2D eigenvalue weighted by Gasteiger charge is -2.34. The van der Waals surface area contributed by atoms with Gasteiger partial charge in [-0.15, -0.1) is 11.3 Å². The fourth-order valence-corrected chi connectivity index (χ4v) is 3.42. The van der Waals surface area contributed by atoms with Crippen LogP contribution in [0.15, 0.2) is 36.0 Å². The topological polar surface area (TPSA) is 45.2 Å². The highest BCUT2D eigenvalue weighted by Gasteiger charge is 2.22. The van der Waals surface area contributed by atoms with Crippen LogP contribution in [-0.4, -0.2) is 30.0 Å². The summed E-state index contributed by atoms with van der Waals surface area (Å²) in [5.41, 5.74) is 1.02. The number of nitrogens with zero attached hydrogens (tertiary/aromatic N) is 2. The summed E-state index contributed by atoms with van der Waals surface area (Å²) in [5.74, 6) is 0.0328. The number of hydrogen-bond donors (Lipinski definition) is 1. The molecule has 0 unspecified atom stereocenters. The first-order chi connectivity index (χ1) is 10.2. The Kier molecular flexibility index (Phi) is 4.41. The molecule has 3 heterocycles. The molecule has 1 N–H and O–H groups in total. The average molecular weight is 322 g/mol. The SMILES string of the molecule is O=C(NC1CCN(c2ccncc2Cl)CC1)c1cccs1. The summed E-state index contributed by atoms with van der Waals surface area (Å²) < 4.78 is 0. The minimum atomic E-state index is 0.0328. The van der Waals surface area contributed by atoms with E-state index in [2.05, 4.69) is 15.2 Å². The highest BCUT2D eigenvalue weighted by Crippen LogP contribution is 2.27. The van der Waals surface area contributed by atoms with Gasteiger partial charge in [0.2, 0.25) is 0 Å². The summed E-state index contributed by atoms with van der Waals surface area (Å²) in [7, 11) is 0. The monoisotopic (exact) mass is 321 g/mol. The fourth-order valence-electron chi connectivity index (χ4n) is 2.55. The molecule has 0 atom stereocenters. The van der Waals surface area contributed by atoms with Crippen LogP contribution >= 0.6 is 22.9 Å². The van der Waals surface area contributed by atoms with Crippen LogP contribution in [0.1, 0.15) is 22.5 Å². The van der Waals surface area contributed by atoms with Crippen LogP contribution in [0.25, 0.3) is 0 Å². The Morgan fingerprint density at radius 3 is 2.86 bits per heavy atom. The van der Waals surface area contributed by atoms with Crippen LogP contribution in [0.3, 0.4) is 0 Å². The number of carbonyl (C=O) groups is 1. The van der Waals surface area contributed by atoms with Gasteiger partial charge in [-0.25, -0.2) is 0 Å². The number of hydrogen-bond acceptors (Lipinski definition) is 4. The third-order valence-electron chi connectivity index (χ3n) is 3.67. The molecule has 0 saturated carbocycles. The van der Waals surface area contributed by atoms with Crippen molar-refractivity contribution in [3.8, 4) is 0 Å². The molecule has 2 aromatic rings. The van der Waals surface area contributed by atoms with Crippen LogP contribution in [0, 0.1) is 0 Å². The maximum atomic E-state index is 12.0. The molecule has 1 aliphatic heterocycles. The summed E-state index contributed by atoms with van der Waals surface area (Å²) in [4.78, 5) is 19.1. The van der Waals surface area contributed by atoms with Crippen molar-refractivity contribution < 1.29 is 4.79 Å². The molecule has 0 aromatic carbocycles. The van der Waals surface area contributed by atoms with Crippen LogP contribution in [-0.2, 0) is 0 Å². The largest absolute Gasteiger partial charge is 0.370 e. The maximum Gasteiger partial charge on any atom is 0.261 e. The van der Waals surface area contributed by atoms with E-state index in [1.165, 1.54) is 11.3 Å². The van der Waals surface area contributed by atoms with E-state index in [-0.39, 0.29) is 11.9 Å². The third kappa shape index (κ3) is 3.36. The molecule has 0 spiro atoms. The fraction of sp³-hybridized carbons (Fsp3) is 0.333. The van der Waals surface area contributed by atoms with Gasteiger partial charge in [-0.2, -0.15) is 0 Å². The molecule has 1 aliphatic rings. The average Bonchev–Trinajstić information content (AvgIpc) is 3.03. The first-order valence-corrected chi connectivity index (χ1v) is 8.18. The molecule has 1 amide bonds. The summed E-state index contributed by atoms with van der Waals surface area (Å²) in [6.45, 7) is 1.78. The lowest BCUT2D eigenvalue weighted by Crippen LogP contribution is -2.44. The van der Waals surface area contributed by atoms with Crippen LogP contribution in [0.5, 0.6) is 0 Å². The molecular weight excluding hydrogens is 306 g/mol. The number of pyridine rings is 1. The summed E-state index contributed by atoms with van der Waals surface area (Å²) in [6.07, 6.45) is 5.28. The Labute approximate surface area is 132 Å². The summed E-state index contributed by atoms with van der Waals surface area (Å²) in [5, 5.41) is 5.71. The molecule has 0 aliphatic carbocycles. The number of nitrogens with one attached hydrogen (secondary N) is 1. The Morgan fingerprint density at radius 2 is 2.19 bits per heavy atom. The van der Waals surface area contributed by atoms with Gasteiger partial charge in [0.05, 0.1) is 15.6 Å². The lowest BCUT2D eigenvalue weighted by atomic mass is 10.0. The van der Waals surface area contributed by atoms with Crippen molar-refractivity contribution in [2.24, 2.45) is 0 Å². The normalized spacial score (nSPS) is 16.0. The van der Waals surface area contributed by atoms with Gasteiger partial charge in [-0.05, 0) is 30.4 Å². The van der Waals surface area contributed by atoms with Crippen molar-refractivity contribution in [2.75, 3.05) is 18.0 Å². The van der Waals surface area contributed by atoms with Crippen molar-refractivity contribution in [2.45, 2.75) is 18.9 Å². The molecule has 6 heteroatoms. The Bertz CT molecular complexity index is 609. The zero-order valence-corrected chi connectivity index (χ0v) is 13.0. The van der Waals surface area contributed by atoms with Gasteiger partial charge < -0.3 is 10.2 Å². The highest BCUT2D eigenvalue weighted by atomic mass is 35.5. The van der Waals surface area contributed by atoms with Gasteiger partial charge in [0, 0.05) is 31.5 Å². The van der Waals surface area contributed by atoms with Crippen molar-refractivity contribution in [1.29, 1.82) is 0 Å². The van der Waals surface area contributed by atoms with E-state index in [9.17, 15) is 4.79 Å². The molecule has 110 valence electrons. The number of halogens is 1. The Morgan fingerprint density at radius 1 is 1.38 bits per heavy atom. The van der Waals surface area contributed by atoms with Crippen molar-refractivity contribution in [1.82, 2.24) is 10.3 Å². The van der Waals surface area contributed by atoms with Crippen molar-refractivity contribution in [3.63, 3.8) is 0 Å². The first-order valence-electron chi connectivity index (χ1n) is 6.93. The van der Waals surface area contributed by atoms with Gasteiger partial charge in [0.15, 0.2) is 0 Å². The molecule has 3 rings (SSSR count). The molecule has 21 heavy (non-hydrogen) atoms. The van der Waals surface area contributed by atoms with Gasteiger partial charge in [0.1, 0.15) is 0 Å². The van der Waals surface area contributed by atoms with Crippen molar-refractivity contribution >= 4 is 34.5 Å². The minimum Gasteiger partial charge on any atom is -0.370 e. The standard InChI is InChI=1S/C15H16ClN3OS/c16-12-10-17-6-3-13(12)19-7-4-11(5-8-19)18-15(20)14-2-1-9-21-14/h1-3,6,9-11H,4-5,7-8H2,(H,18,20). The second-order valence-corrected chi connectivity index (χ2v) is 6.39. The number of carbonyl (C=O) groups excluding carboxylic acids is 1. The third-order valence-corrected chi connectivity index (χ3v) is 4.83. The molecule has 0 bridgehead atoms. The smallest absolute Gasteiger partial charge is 0.261 e. The van der Waals surface area contributed by atoms with Gasteiger partial charge in [0.25, 0.3) is 5.91 Å². The minimum absolute atomic E-state index is 0.0328. The Hall–Kier alpha value is -1.59. The molecule has 2 aromatic heterocycles. The van der Waals surface area contributed by atoms with E-state index in [0.29, 0.717) is 5.02 Å². The predicted octanol–water partition coefficient (Wildman–Crippen LogP) is 3.20. The number of rotatable bonds is 3. The molecule has 4 nitrogen and oxygen atoms in total. The Balaban J connectivity index is 1.56. The van der Waals surface area contributed by atoms with E-state index in [0.717, 1.165) is 36.5 Å². The number of thiophene rings is 1. The molecule has 1 saturated heterocycles. The van der Waals surface area contributed by atoms with E-state index in [1.54, 1.807) is 12.4 Å². The van der Waals surface area contributed by atoms with E-state index < -0.39 is 0 Å². The van der Waals surface area contributed by atoms with Gasteiger partial charge in [-0.3, -0.25) is 9.78 Å². The van der Waals surface area contributed by atoms with Crippen LogP contribution < -0.4 is 10.2 Å². The highest BCUT2D eigenvalue weighted by molar-refractivity contribution is 7.12. The predicted molar refractivity (Wildman–Crippen MR) is 86.3 cm³/mol. The second kappa shape index (κ2) is 6.45. The zero-order chi connectivity index (χ0) is 14.7. The van der Waals surface area contributed by atoms with Gasteiger partial charge in [-0.1, -0.05) is 17.7 Å². The van der Waals surface area contributed by atoms with Crippen LogP contribution in [0.4, 0.5) is 5.69 Å². The van der Waals surface area contributed by atoms with Crippen LogP contribution in [0.2, 0.25) is 5.02 Å². The number of amides is 1. The second-order valence-electron chi connectivity index (χ2n) is 5.04. The molecular formula is C15H16ClN3OS. The van der Waals surface area contributed by atoms with Gasteiger partial charge >= 0.3 is 0 Å². The summed E-state index contributed by atoms with van der Waals surface area (Å²) in [6, 6.07) is 5.92. The quantitative estimate of drug-likeness (QED) is 0.944. The maximum absolute atomic E-state index is 12.0. The number of piperidine rings is 1. The zero-order valence-electron chi connectivity index (χ0n) is 11.5. The lowest BCUT2D eigenvalue weighted by molar-refractivity contribution is 0.0935. The molecule has 1 fully saturated rings. The first kappa shape index (κ1) is 14.4.